The van der Waals surface area contributed by atoms with E-state index in [0.717, 1.165) is 14.0 Å². The van der Waals surface area contributed by atoms with Crippen LogP contribution in [0.3, 0.4) is 0 Å². The molecule has 1 aromatic carbocycles. The van der Waals surface area contributed by atoms with Crippen LogP contribution < -0.4 is 0 Å². The Hall–Kier alpha value is -0.880. The third-order valence-electron chi connectivity index (χ3n) is 1.94. The third kappa shape index (κ3) is 2.21. The largest absolute Gasteiger partial charge is 0.477 e. The van der Waals surface area contributed by atoms with E-state index in [1.165, 1.54) is 11.3 Å². The van der Waals surface area contributed by atoms with E-state index in [2.05, 4.69) is 22.6 Å². The molecule has 1 aromatic heterocycles. The van der Waals surface area contributed by atoms with Gasteiger partial charge in [0.25, 0.3) is 0 Å². The van der Waals surface area contributed by atoms with E-state index in [-0.39, 0.29) is 0 Å². The van der Waals surface area contributed by atoms with E-state index in [1.807, 2.05) is 36.4 Å². The van der Waals surface area contributed by atoms with Crippen molar-refractivity contribution in [1.29, 1.82) is 0 Å². The van der Waals surface area contributed by atoms with Crippen LogP contribution in [0.2, 0.25) is 0 Å². The number of carboxylic acids is 1. The first kappa shape index (κ1) is 10.6. The Bertz CT molecular complexity index is 491. The van der Waals surface area contributed by atoms with Crippen LogP contribution in [0.4, 0.5) is 0 Å². The van der Waals surface area contributed by atoms with Crippen molar-refractivity contribution in [2.24, 2.45) is 0 Å². The third-order valence-corrected chi connectivity index (χ3v) is 4.33. The standard InChI is InChI=1S/C11H7IO2S/c12-8-6-9(15-10(8)11(13)14)7-4-2-1-3-5-7/h1-6H,(H,13,14). The molecule has 0 saturated carbocycles. The van der Waals surface area contributed by atoms with Crippen molar-refractivity contribution in [2.45, 2.75) is 0 Å². The fourth-order valence-corrected chi connectivity index (χ4v) is 3.24. The van der Waals surface area contributed by atoms with Gasteiger partial charge in [0.15, 0.2) is 0 Å². The van der Waals surface area contributed by atoms with Gasteiger partial charge in [-0.2, -0.15) is 0 Å². The number of halogens is 1. The summed E-state index contributed by atoms with van der Waals surface area (Å²) in [6.45, 7) is 0. The molecule has 0 aliphatic rings. The van der Waals surface area contributed by atoms with Gasteiger partial charge in [-0.1, -0.05) is 30.3 Å². The maximum absolute atomic E-state index is 10.9. The molecule has 76 valence electrons. The van der Waals surface area contributed by atoms with Crippen LogP contribution in [0.5, 0.6) is 0 Å². The zero-order chi connectivity index (χ0) is 10.8. The number of hydrogen-bond donors (Lipinski definition) is 1. The van der Waals surface area contributed by atoms with Crippen LogP contribution in [0.25, 0.3) is 10.4 Å². The van der Waals surface area contributed by atoms with Crippen molar-refractivity contribution in [3.8, 4) is 10.4 Å². The first-order valence-electron chi connectivity index (χ1n) is 4.26. The second kappa shape index (κ2) is 4.32. The molecule has 0 aliphatic carbocycles. The van der Waals surface area contributed by atoms with Gasteiger partial charge < -0.3 is 5.11 Å². The summed E-state index contributed by atoms with van der Waals surface area (Å²) >= 11 is 3.37. The lowest BCUT2D eigenvalue weighted by Crippen LogP contribution is -1.92. The summed E-state index contributed by atoms with van der Waals surface area (Å²) in [4.78, 5) is 12.3. The molecular formula is C11H7IO2S. The molecule has 0 bridgehead atoms. The van der Waals surface area contributed by atoms with E-state index in [1.54, 1.807) is 0 Å². The highest BCUT2D eigenvalue weighted by Gasteiger charge is 2.13. The quantitative estimate of drug-likeness (QED) is 0.852. The maximum Gasteiger partial charge on any atom is 0.346 e. The molecule has 0 amide bonds. The van der Waals surface area contributed by atoms with Crippen LogP contribution in [0.15, 0.2) is 36.4 Å². The van der Waals surface area contributed by atoms with Crippen molar-refractivity contribution < 1.29 is 9.90 Å². The lowest BCUT2D eigenvalue weighted by molar-refractivity contribution is 0.0701. The molecule has 0 fully saturated rings. The highest BCUT2D eigenvalue weighted by molar-refractivity contribution is 14.1. The lowest BCUT2D eigenvalue weighted by Gasteiger charge is -1.93. The van der Waals surface area contributed by atoms with Gasteiger partial charge in [-0.25, -0.2) is 4.79 Å². The summed E-state index contributed by atoms with van der Waals surface area (Å²) in [5.41, 5.74) is 1.06. The second-order valence-corrected chi connectivity index (χ2v) is 5.17. The second-order valence-electron chi connectivity index (χ2n) is 2.96. The summed E-state index contributed by atoms with van der Waals surface area (Å²) in [5, 5.41) is 8.93. The first-order valence-corrected chi connectivity index (χ1v) is 6.16. The molecule has 4 heteroatoms. The molecule has 0 atom stereocenters. The van der Waals surface area contributed by atoms with Gasteiger partial charge in [0.05, 0.1) is 0 Å². The van der Waals surface area contributed by atoms with E-state index in [4.69, 9.17) is 5.11 Å². The molecule has 0 unspecified atom stereocenters. The molecular weight excluding hydrogens is 323 g/mol. The Morgan fingerprint density at radius 3 is 2.47 bits per heavy atom. The van der Waals surface area contributed by atoms with Crippen LogP contribution >= 0.6 is 33.9 Å². The van der Waals surface area contributed by atoms with Gasteiger partial charge in [0.1, 0.15) is 4.88 Å². The van der Waals surface area contributed by atoms with Gasteiger partial charge in [0, 0.05) is 8.45 Å². The van der Waals surface area contributed by atoms with Crippen LogP contribution in [0.1, 0.15) is 9.67 Å². The Balaban J connectivity index is 2.48. The number of benzene rings is 1. The van der Waals surface area contributed by atoms with Gasteiger partial charge >= 0.3 is 5.97 Å². The Morgan fingerprint density at radius 2 is 1.93 bits per heavy atom. The van der Waals surface area contributed by atoms with Crippen LogP contribution in [-0.2, 0) is 0 Å². The molecule has 0 aliphatic heterocycles. The number of hydrogen-bond acceptors (Lipinski definition) is 2. The molecule has 15 heavy (non-hydrogen) atoms. The van der Waals surface area contributed by atoms with Crippen molar-refractivity contribution in [1.82, 2.24) is 0 Å². The summed E-state index contributed by atoms with van der Waals surface area (Å²) in [7, 11) is 0. The highest BCUT2D eigenvalue weighted by atomic mass is 127. The van der Waals surface area contributed by atoms with Crippen LogP contribution in [-0.4, -0.2) is 11.1 Å². The first-order chi connectivity index (χ1) is 7.18. The molecule has 0 radical (unpaired) electrons. The van der Waals surface area contributed by atoms with E-state index in [9.17, 15) is 4.79 Å². The number of carboxylic acid groups (broad SMARTS) is 1. The molecule has 1 N–H and O–H groups in total. The Morgan fingerprint density at radius 1 is 1.27 bits per heavy atom. The zero-order valence-electron chi connectivity index (χ0n) is 7.61. The topological polar surface area (TPSA) is 37.3 Å². The minimum atomic E-state index is -0.855. The van der Waals surface area contributed by atoms with Gasteiger partial charge in [-0.05, 0) is 34.2 Å². The van der Waals surface area contributed by atoms with Crippen LogP contribution in [0, 0.1) is 3.57 Å². The molecule has 0 spiro atoms. The molecule has 1 heterocycles. The maximum atomic E-state index is 10.9. The molecule has 2 nitrogen and oxygen atoms in total. The Labute approximate surface area is 105 Å². The lowest BCUT2D eigenvalue weighted by atomic mass is 10.2. The molecule has 0 saturated heterocycles. The van der Waals surface area contributed by atoms with Gasteiger partial charge in [-0.15, -0.1) is 11.3 Å². The van der Waals surface area contributed by atoms with Crippen molar-refractivity contribution >= 4 is 39.9 Å². The van der Waals surface area contributed by atoms with E-state index in [0.29, 0.717) is 4.88 Å². The SMILES string of the molecule is O=C(O)c1sc(-c2ccccc2)cc1I. The minimum absolute atomic E-state index is 0.412. The van der Waals surface area contributed by atoms with Crippen molar-refractivity contribution in [3.05, 3.63) is 44.8 Å². The summed E-state index contributed by atoms with van der Waals surface area (Å²) in [6.07, 6.45) is 0. The molecule has 2 rings (SSSR count). The highest BCUT2D eigenvalue weighted by Crippen LogP contribution is 2.32. The average molecular weight is 330 g/mol. The average Bonchev–Trinajstić information content (AvgIpc) is 2.62. The number of aromatic carboxylic acids is 1. The monoisotopic (exact) mass is 330 g/mol. The van der Waals surface area contributed by atoms with Crippen molar-refractivity contribution in [3.63, 3.8) is 0 Å². The van der Waals surface area contributed by atoms with Gasteiger partial charge in [0.2, 0.25) is 0 Å². The van der Waals surface area contributed by atoms with E-state index >= 15 is 0 Å². The fourth-order valence-electron chi connectivity index (χ4n) is 1.26. The normalized spacial score (nSPS) is 10.2. The Kier molecular flexibility index (Phi) is 3.06. The van der Waals surface area contributed by atoms with Crippen molar-refractivity contribution in [2.75, 3.05) is 0 Å². The predicted octanol–water partition coefficient (Wildman–Crippen LogP) is 3.72. The summed E-state index contributed by atoms with van der Waals surface area (Å²) in [5.74, 6) is -0.855. The molecule has 2 aromatic rings. The number of rotatable bonds is 2. The fraction of sp³-hybridized carbons (Fsp3) is 0. The minimum Gasteiger partial charge on any atom is -0.477 e. The van der Waals surface area contributed by atoms with E-state index < -0.39 is 5.97 Å². The van der Waals surface area contributed by atoms with Gasteiger partial charge in [-0.3, -0.25) is 0 Å². The zero-order valence-corrected chi connectivity index (χ0v) is 10.6. The smallest absolute Gasteiger partial charge is 0.346 e. The summed E-state index contributed by atoms with van der Waals surface area (Å²) in [6, 6.07) is 11.7. The number of carbonyl (C=O) groups is 1. The number of thiophene rings is 1. The predicted molar refractivity (Wildman–Crippen MR) is 69.4 cm³/mol. The summed E-state index contributed by atoms with van der Waals surface area (Å²) < 4.78 is 0.795.